The molecular formula is C33H29CrN7O17S3+4. The number of nitro groups is 2. The first-order valence-electron chi connectivity index (χ1n) is 15.9. The minimum atomic E-state index is -5.19. The Morgan fingerprint density at radius 3 is 1.77 bits per heavy atom. The summed E-state index contributed by atoms with van der Waals surface area (Å²) in [5.41, 5.74) is -2.87. The van der Waals surface area contributed by atoms with Gasteiger partial charge in [-0.15, -0.1) is 20.5 Å². The van der Waals surface area contributed by atoms with Crippen LogP contribution in [-0.2, 0) is 47.7 Å². The molecule has 0 aliphatic heterocycles. The first-order chi connectivity index (χ1) is 27.9. The molecule has 0 amide bonds. The number of hydrogen-bond acceptors (Lipinski definition) is 19. The molecule has 0 aliphatic rings. The van der Waals surface area contributed by atoms with Crippen LogP contribution in [0.25, 0.3) is 21.5 Å². The zero-order valence-corrected chi connectivity index (χ0v) is 33.6. The SMILES string of the molecule is O=[N+]([O-])c1cc(N=Nc2c(S(=O)(=O)O)cc3ccc(NCS(=O)(=O)O)cc3c2O)c(O)c(S(=O)(=O)O)c1.O=[N+]([O-])c1ccc(O)c(N=Nc2c(O)ccc3ccccc23)c1.[Cr].[H+].[H+].[H+].[H+]. The zero-order chi connectivity index (χ0) is 44.3. The quantitative estimate of drug-likeness (QED) is 0.0272. The molecule has 0 radical (unpaired) electrons. The van der Waals surface area contributed by atoms with Crippen LogP contribution < -0.4 is 5.32 Å². The maximum Gasteiger partial charge on any atom is 1.00 e. The van der Waals surface area contributed by atoms with Crippen molar-refractivity contribution in [2.24, 2.45) is 20.5 Å². The Hall–Kier alpha value is -6.90. The van der Waals surface area contributed by atoms with E-state index in [2.05, 4.69) is 25.8 Å². The summed E-state index contributed by atoms with van der Waals surface area (Å²) < 4.78 is 96.4. The van der Waals surface area contributed by atoms with Gasteiger partial charge < -0.3 is 25.7 Å². The van der Waals surface area contributed by atoms with Crippen molar-refractivity contribution in [3.63, 3.8) is 0 Å². The number of benzene rings is 6. The van der Waals surface area contributed by atoms with Gasteiger partial charge in [-0.2, -0.15) is 25.3 Å². The molecule has 0 bridgehead atoms. The maximum atomic E-state index is 11.9. The normalized spacial score (nSPS) is 11.9. The van der Waals surface area contributed by atoms with Gasteiger partial charge in [0, 0.05) is 58.1 Å². The molecule has 0 spiro atoms. The number of phenols is 4. The second-order valence-electron chi connectivity index (χ2n) is 11.9. The van der Waals surface area contributed by atoms with Crippen molar-refractivity contribution < 1.29 is 92.3 Å². The van der Waals surface area contributed by atoms with E-state index in [4.69, 9.17) is 4.55 Å². The number of aromatic hydroxyl groups is 4. The summed E-state index contributed by atoms with van der Waals surface area (Å²) >= 11 is 0. The van der Waals surface area contributed by atoms with Gasteiger partial charge in [-0.05, 0) is 41.1 Å². The summed E-state index contributed by atoms with van der Waals surface area (Å²) in [6.45, 7) is 0. The molecule has 61 heavy (non-hydrogen) atoms. The Kier molecular flexibility index (Phi) is 13.9. The van der Waals surface area contributed by atoms with Gasteiger partial charge in [0.05, 0.1) is 9.85 Å². The zero-order valence-electron chi connectivity index (χ0n) is 33.9. The van der Waals surface area contributed by atoms with Gasteiger partial charge in [-0.1, -0.05) is 36.4 Å². The molecule has 24 nitrogen and oxygen atoms in total. The first-order valence-corrected chi connectivity index (χ1v) is 20.4. The van der Waals surface area contributed by atoms with E-state index >= 15 is 0 Å². The molecule has 6 aromatic carbocycles. The van der Waals surface area contributed by atoms with Gasteiger partial charge in [-0.25, -0.2) is 0 Å². The van der Waals surface area contributed by atoms with E-state index in [0.29, 0.717) is 17.5 Å². The predicted molar refractivity (Wildman–Crippen MR) is 213 cm³/mol. The molecule has 6 aromatic rings. The number of nitrogens with zero attached hydrogens (tertiary/aromatic N) is 6. The molecule has 28 heteroatoms. The summed E-state index contributed by atoms with van der Waals surface area (Å²) in [5, 5.41) is 80.7. The van der Waals surface area contributed by atoms with Crippen LogP contribution in [-0.4, -0.2) is 75.1 Å². The van der Waals surface area contributed by atoms with Crippen LogP contribution in [0.15, 0.2) is 121 Å². The van der Waals surface area contributed by atoms with Gasteiger partial charge in [-0.3, -0.25) is 33.9 Å². The van der Waals surface area contributed by atoms with Gasteiger partial charge in [0.1, 0.15) is 49.9 Å². The minimum Gasteiger partial charge on any atom is -0.506 e. The Morgan fingerprint density at radius 1 is 0.574 bits per heavy atom. The molecule has 0 aliphatic carbocycles. The van der Waals surface area contributed by atoms with E-state index < -0.39 is 84.4 Å². The fourth-order valence-electron chi connectivity index (χ4n) is 5.14. The van der Waals surface area contributed by atoms with E-state index in [-0.39, 0.29) is 68.1 Å². The third-order valence-electron chi connectivity index (χ3n) is 7.88. The smallest absolute Gasteiger partial charge is 0.506 e. The Morgan fingerprint density at radius 2 is 1.15 bits per heavy atom. The Labute approximate surface area is 358 Å². The van der Waals surface area contributed by atoms with Crippen LogP contribution >= 0.6 is 0 Å². The van der Waals surface area contributed by atoms with Gasteiger partial charge in [0.25, 0.3) is 41.7 Å². The molecule has 0 heterocycles. The fourth-order valence-corrected chi connectivity index (χ4v) is 6.76. The first kappa shape index (κ1) is 46.8. The third kappa shape index (κ3) is 11.2. The number of rotatable bonds is 11. The largest absolute Gasteiger partial charge is 1.00 e. The van der Waals surface area contributed by atoms with Crippen molar-refractivity contribution in [1.29, 1.82) is 0 Å². The van der Waals surface area contributed by atoms with E-state index in [1.54, 1.807) is 18.2 Å². The van der Waals surface area contributed by atoms with Crippen LogP contribution in [0.4, 0.5) is 39.8 Å². The van der Waals surface area contributed by atoms with Gasteiger partial charge in [0.2, 0.25) is 0 Å². The average molecular weight is 944 g/mol. The number of nitro benzene ring substituents is 2. The van der Waals surface area contributed by atoms with Crippen LogP contribution in [0.3, 0.4) is 0 Å². The minimum absolute atomic E-state index is 0. The van der Waals surface area contributed by atoms with Crippen LogP contribution in [0.5, 0.6) is 23.0 Å². The van der Waals surface area contributed by atoms with Gasteiger partial charge in [0.15, 0.2) is 11.5 Å². The second-order valence-corrected chi connectivity index (χ2v) is 16.1. The molecule has 0 saturated heterocycles. The molecule has 6 rings (SSSR count). The third-order valence-corrected chi connectivity index (χ3v) is 10.1. The average Bonchev–Trinajstić information content (AvgIpc) is 3.16. The summed E-state index contributed by atoms with van der Waals surface area (Å²) in [7, 11) is -14.7. The number of phenolic OH excluding ortho intramolecular Hbond substituents is 4. The van der Waals surface area contributed by atoms with E-state index in [0.717, 1.165) is 23.6 Å². The van der Waals surface area contributed by atoms with E-state index in [1.165, 1.54) is 30.3 Å². The fraction of sp³-hybridized carbons (Fsp3) is 0.0303. The molecule has 318 valence electrons. The Balaban J connectivity index is 0.00000127. The van der Waals surface area contributed by atoms with Crippen LogP contribution in [0, 0.1) is 20.2 Å². The molecule has 8 N–H and O–H groups in total. The topological polar surface area (TPSA) is 392 Å². The Bertz CT molecular complexity index is 3170. The number of nitrogens with one attached hydrogen (secondary N) is 1. The van der Waals surface area contributed by atoms with Crippen molar-refractivity contribution in [2.75, 3.05) is 11.2 Å². The summed E-state index contributed by atoms with van der Waals surface area (Å²) in [5.74, 6) is -3.49. The summed E-state index contributed by atoms with van der Waals surface area (Å²) in [6.07, 6.45) is 0. The number of azo groups is 2. The van der Waals surface area contributed by atoms with Crippen molar-refractivity contribution in [2.45, 2.75) is 9.79 Å². The number of fused-ring (bicyclic) bond motifs is 2. The molecule has 0 atom stereocenters. The molecular weight excluding hydrogens is 915 g/mol. The molecule has 0 saturated carbocycles. The maximum absolute atomic E-state index is 11.9. The standard InChI is InChI=1S/C17H14N4O13S3.C16H11N3O4.Cr/c22-16-11-4-9(18-7-35(26,27)28)2-1-8(11)3-13(36(29,30)31)15(16)20-19-12-5-10(21(24)25)6-14(17(12)23)37(32,33)34;20-14-8-6-11(19(22)23)9-13(14)17-18-16-12-4-2-1-3-10(12)5-7-15(16)21;/h1-6,18,22-23H,7H2,(H,26,27,28)(H,29,30,31)(H,32,33,34);1-9,20-21H;/p+4. The van der Waals surface area contributed by atoms with Crippen molar-refractivity contribution in [3.8, 4) is 23.0 Å². The predicted octanol–water partition coefficient (Wildman–Crippen LogP) is 7.35. The van der Waals surface area contributed by atoms with Crippen molar-refractivity contribution in [3.05, 3.63) is 111 Å². The van der Waals surface area contributed by atoms with Crippen molar-refractivity contribution >= 4 is 91.7 Å². The van der Waals surface area contributed by atoms with Crippen molar-refractivity contribution in [1.82, 2.24) is 0 Å². The number of non-ortho nitro benzene ring substituents is 2. The number of anilines is 1. The monoisotopic (exact) mass is 943 g/mol. The summed E-state index contributed by atoms with van der Waals surface area (Å²) in [4.78, 5) is 17.9. The van der Waals surface area contributed by atoms with Crippen LogP contribution in [0.1, 0.15) is 5.71 Å². The number of hydrogen-bond donors (Lipinski definition) is 8. The van der Waals surface area contributed by atoms with E-state index in [9.17, 15) is 75.0 Å². The summed E-state index contributed by atoms with van der Waals surface area (Å²) in [6, 6.07) is 19.2. The van der Waals surface area contributed by atoms with E-state index in [1.807, 2.05) is 12.1 Å². The molecule has 0 fully saturated rings. The molecule has 0 unspecified atom stereocenters. The van der Waals surface area contributed by atoms with Crippen LogP contribution in [0.2, 0.25) is 0 Å². The molecule has 0 aromatic heterocycles. The van der Waals surface area contributed by atoms with Gasteiger partial charge >= 0.3 is 5.71 Å². The second kappa shape index (κ2) is 18.2.